The molecule has 4 nitrogen and oxygen atoms in total. The Morgan fingerprint density at radius 2 is 2.16 bits per heavy atom. The smallest absolute Gasteiger partial charge is 0.240 e. The summed E-state index contributed by atoms with van der Waals surface area (Å²) >= 11 is 0. The van der Waals surface area contributed by atoms with E-state index >= 15 is 0 Å². The van der Waals surface area contributed by atoms with Crippen molar-refractivity contribution >= 4 is 15.7 Å². The van der Waals surface area contributed by atoms with Crippen LogP contribution in [0.1, 0.15) is 19.3 Å². The standard InChI is InChI=1S/C14H20N2O2S/c1-15-19(17,18)14-9-5-8-13(10-14)16-11-12-6-3-2-4-7-12/h2-3,5,8-10,12,15-16H,4,6-7,11H2,1H3. The second-order valence-electron chi connectivity index (χ2n) is 4.77. The first-order valence-corrected chi connectivity index (χ1v) is 8.02. The molecule has 0 spiro atoms. The van der Waals surface area contributed by atoms with Crippen LogP contribution >= 0.6 is 0 Å². The minimum Gasteiger partial charge on any atom is -0.385 e. The van der Waals surface area contributed by atoms with Gasteiger partial charge >= 0.3 is 0 Å². The monoisotopic (exact) mass is 280 g/mol. The maximum absolute atomic E-state index is 11.7. The van der Waals surface area contributed by atoms with E-state index in [4.69, 9.17) is 0 Å². The molecule has 2 N–H and O–H groups in total. The van der Waals surface area contributed by atoms with E-state index in [1.807, 2.05) is 6.07 Å². The molecule has 0 aliphatic heterocycles. The van der Waals surface area contributed by atoms with Crippen LogP contribution < -0.4 is 10.0 Å². The number of allylic oxidation sites excluding steroid dienone is 2. The third-order valence-electron chi connectivity index (χ3n) is 3.39. The van der Waals surface area contributed by atoms with Crippen molar-refractivity contribution in [3.05, 3.63) is 36.4 Å². The average molecular weight is 280 g/mol. The Bertz CT molecular complexity index is 552. The van der Waals surface area contributed by atoms with Crippen molar-refractivity contribution in [2.24, 2.45) is 5.92 Å². The fourth-order valence-electron chi connectivity index (χ4n) is 2.19. The molecule has 1 unspecified atom stereocenters. The fourth-order valence-corrected chi connectivity index (χ4v) is 2.97. The Labute approximate surface area is 115 Å². The number of sulfonamides is 1. The molecule has 0 bridgehead atoms. The maximum Gasteiger partial charge on any atom is 0.240 e. The van der Waals surface area contributed by atoms with Gasteiger partial charge in [0.15, 0.2) is 0 Å². The zero-order chi connectivity index (χ0) is 13.7. The lowest BCUT2D eigenvalue weighted by molar-refractivity contribution is 0.504. The Kier molecular flexibility index (Phi) is 4.61. The van der Waals surface area contributed by atoms with Crippen LogP contribution in [0, 0.1) is 5.92 Å². The Balaban J connectivity index is 2.01. The molecule has 1 aromatic carbocycles. The van der Waals surface area contributed by atoms with Crippen LogP contribution in [0.5, 0.6) is 0 Å². The summed E-state index contributed by atoms with van der Waals surface area (Å²) in [5.74, 6) is 0.634. The Morgan fingerprint density at radius 3 is 2.84 bits per heavy atom. The van der Waals surface area contributed by atoms with Gasteiger partial charge in [-0.3, -0.25) is 0 Å². The molecule has 19 heavy (non-hydrogen) atoms. The molecule has 1 aromatic rings. The van der Waals surface area contributed by atoms with E-state index in [0.717, 1.165) is 25.1 Å². The van der Waals surface area contributed by atoms with E-state index in [-0.39, 0.29) is 0 Å². The van der Waals surface area contributed by atoms with E-state index in [2.05, 4.69) is 22.2 Å². The van der Waals surface area contributed by atoms with Crippen LogP contribution in [0.4, 0.5) is 5.69 Å². The third kappa shape index (κ3) is 3.81. The van der Waals surface area contributed by atoms with Crippen LogP contribution in [0.15, 0.2) is 41.3 Å². The minimum absolute atomic E-state index is 0.295. The van der Waals surface area contributed by atoms with Crippen LogP contribution in [-0.2, 0) is 10.0 Å². The van der Waals surface area contributed by atoms with Crippen LogP contribution in [0.3, 0.4) is 0 Å². The van der Waals surface area contributed by atoms with E-state index < -0.39 is 10.0 Å². The lowest BCUT2D eigenvalue weighted by Crippen LogP contribution is -2.19. The predicted molar refractivity (Wildman–Crippen MR) is 77.7 cm³/mol. The Morgan fingerprint density at radius 1 is 1.32 bits per heavy atom. The van der Waals surface area contributed by atoms with Crippen molar-refractivity contribution in [2.45, 2.75) is 24.2 Å². The summed E-state index contributed by atoms with van der Waals surface area (Å²) in [5.41, 5.74) is 0.853. The molecular weight excluding hydrogens is 260 g/mol. The number of hydrogen-bond acceptors (Lipinski definition) is 3. The molecule has 1 aliphatic rings. The highest BCUT2D eigenvalue weighted by Gasteiger charge is 2.12. The lowest BCUT2D eigenvalue weighted by Gasteiger charge is -2.19. The van der Waals surface area contributed by atoms with Crippen molar-refractivity contribution in [2.75, 3.05) is 18.9 Å². The molecule has 5 heteroatoms. The van der Waals surface area contributed by atoms with Crippen molar-refractivity contribution in [3.8, 4) is 0 Å². The molecular formula is C14H20N2O2S. The van der Waals surface area contributed by atoms with Gasteiger partial charge < -0.3 is 5.32 Å². The molecule has 0 saturated heterocycles. The van der Waals surface area contributed by atoms with Crippen molar-refractivity contribution < 1.29 is 8.42 Å². The van der Waals surface area contributed by atoms with Gasteiger partial charge in [0.25, 0.3) is 0 Å². The number of nitrogens with one attached hydrogen (secondary N) is 2. The third-order valence-corrected chi connectivity index (χ3v) is 4.80. The van der Waals surface area contributed by atoms with Crippen LogP contribution in [0.25, 0.3) is 0 Å². The Hall–Kier alpha value is -1.33. The first-order valence-electron chi connectivity index (χ1n) is 6.54. The minimum atomic E-state index is -3.37. The van der Waals surface area contributed by atoms with E-state index in [1.54, 1.807) is 18.2 Å². The zero-order valence-electron chi connectivity index (χ0n) is 11.1. The fraction of sp³-hybridized carbons (Fsp3) is 0.429. The average Bonchev–Trinajstić information content (AvgIpc) is 2.46. The van der Waals surface area contributed by atoms with Gasteiger partial charge in [-0.25, -0.2) is 13.1 Å². The number of rotatable bonds is 5. The predicted octanol–water partition coefficient (Wildman–Crippen LogP) is 2.36. The van der Waals surface area contributed by atoms with Gasteiger partial charge in [-0.15, -0.1) is 0 Å². The van der Waals surface area contributed by atoms with Gasteiger partial charge in [0.2, 0.25) is 10.0 Å². The number of anilines is 1. The molecule has 0 radical (unpaired) electrons. The van der Waals surface area contributed by atoms with Crippen molar-refractivity contribution in [1.29, 1.82) is 0 Å². The van der Waals surface area contributed by atoms with E-state index in [9.17, 15) is 8.42 Å². The number of hydrogen-bond donors (Lipinski definition) is 2. The molecule has 1 atom stereocenters. The highest BCUT2D eigenvalue weighted by molar-refractivity contribution is 7.89. The first-order chi connectivity index (χ1) is 9.12. The van der Waals surface area contributed by atoms with Gasteiger partial charge in [-0.05, 0) is 50.4 Å². The van der Waals surface area contributed by atoms with Gasteiger partial charge in [0.1, 0.15) is 0 Å². The topological polar surface area (TPSA) is 58.2 Å². The second kappa shape index (κ2) is 6.21. The largest absolute Gasteiger partial charge is 0.385 e. The van der Waals surface area contributed by atoms with E-state index in [0.29, 0.717) is 10.8 Å². The van der Waals surface area contributed by atoms with Crippen LogP contribution in [0.2, 0.25) is 0 Å². The van der Waals surface area contributed by atoms with Gasteiger partial charge in [-0.2, -0.15) is 0 Å². The first kappa shape index (κ1) is 14.1. The SMILES string of the molecule is CNS(=O)(=O)c1cccc(NCC2CC=CCC2)c1. The molecule has 104 valence electrons. The second-order valence-corrected chi connectivity index (χ2v) is 6.65. The van der Waals surface area contributed by atoms with Gasteiger partial charge in [-0.1, -0.05) is 18.2 Å². The summed E-state index contributed by atoms with van der Waals surface area (Å²) < 4.78 is 25.7. The van der Waals surface area contributed by atoms with E-state index in [1.165, 1.54) is 13.5 Å². The highest BCUT2D eigenvalue weighted by Crippen LogP contribution is 2.20. The molecule has 0 aromatic heterocycles. The summed E-state index contributed by atoms with van der Waals surface area (Å²) in [6.07, 6.45) is 7.87. The summed E-state index contributed by atoms with van der Waals surface area (Å²) in [7, 11) is -1.94. The summed E-state index contributed by atoms with van der Waals surface area (Å²) in [5, 5.41) is 3.32. The zero-order valence-corrected chi connectivity index (χ0v) is 11.9. The van der Waals surface area contributed by atoms with Crippen molar-refractivity contribution in [1.82, 2.24) is 4.72 Å². The van der Waals surface area contributed by atoms with Gasteiger partial charge in [0.05, 0.1) is 4.90 Å². The molecule has 0 heterocycles. The molecule has 0 saturated carbocycles. The van der Waals surface area contributed by atoms with Crippen LogP contribution in [-0.4, -0.2) is 22.0 Å². The normalized spacial score (nSPS) is 19.3. The maximum atomic E-state index is 11.7. The quantitative estimate of drug-likeness (QED) is 0.814. The molecule has 0 fully saturated rings. The molecule has 2 rings (SSSR count). The van der Waals surface area contributed by atoms with Crippen molar-refractivity contribution in [3.63, 3.8) is 0 Å². The molecule has 0 amide bonds. The molecule has 1 aliphatic carbocycles. The highest BCUT2D eigenvalue weighted by atomic mass is 32.2. The lowest BCUT2D eigenvalue weighted by atomic mass is 9.94. The summed E-state index contributed by atoms with van der Waals surface area (Å²) in [6.45, 7) is 0.882. The summed E-state index contributed by atoms with van der Waals surface area (Å²) in [4.78, 5) is 0.295. The van der Waals surface area contributed by atoms with Gasteiger partial charge in [0, 0.05) is 12.2 Å². The summed E-state index contributed by atoms with van der Waals surface area (Å²) in [6, 6.07) is 6.92. The number of benzene rings is 1.